The molecule has 128 valence electrons. The molecule has 2 heterocycles. The van der Waals surface area contributed by atoms with Crippen LogP contribution in [0.25, 0.3) is 0 Å². The number of fused-ring (bicyclic) bond motifs is 1. The first-order valence-electron chi connectivity index (χ1n) is 8.11. The molecule has 0 saturated heterocycles. The number of carbonyl (C=O) groups is 2. The van der Waals surface area contributed by atoms with E-state index in [1.54, 1.807) is 23.9 Å². The van der Waals surface area contributed by atoms with Crippen LogP contribution in [0.3, 0.4) is 0 Å². The Labute approximate surface area is 144 Å². The van der Waals surface area contributed by atoms with Gasteiger partial charge in [0.15, 0.2) is 0 Å². The van der Waals surface area contributed by atoms with Gasteiger partial charge in [-0.1, -0.05) is 0 Å². The van der Waals surface area contributed by atoms with Gasteiger partial charge in [-0.05, 0) is 19.3 Å². The average molecular weight is 347 g/mol. The maximum Gasteiger partial charge on any atom is 0.242 e. The van der Waals surface area contributed by atoms with Crippen LogP contribution < -0.4 is 10.6 Å². The van der Waals surface area contributed by atoms with Crippen LogP contribution in [0.4, 0.5) is 0 Å². The van der Waals surface area contributed by atoms with E-state index in [4.69, 9.17) is 0 Å². The molecular formula is C16H21N5O2S. The van der Waals surface area contributed by atoms with E-state index in [0.29, 0.717) is 13.0 Å². The Balaban J connectivity index is 1.51. The number of thiazole rings is 1. The smallest absolute Gasteiger partial charge is 0.242 e. The first kappa shape index (κ1) is 16.6. The molecule has 24 heavy (non-hydrogen) atoms. The summed E-state index contributed by atoms with van der Waals surface area (Å²) in [5, 5.41) is 6.65. The topological polar surface area (TPSA) is 99.8 Å². The Morgan fingerprint density at radius 2 is 2.29 bits per heavy atom. The van der Waals surface area contributed by atoms with Crippen LogP contribution in [-0.2, 0) is 35.3 Å². The molecule has 2 aromatic rings. The van der Waals surface area contributed by atoms with Crippen molar-refractivity contribution in [3.05, 3.63) is 33.8 Å². The number of aromatic nitrogens is 3. The summed E-state index contributed by atoms with van der Waals surface area (Å²) in [5.41, 5.74) is 2.04. The minimum absolute atomic E-state index is 0.191. The number of carbonyl (C=O) groups excluding carboxylic acids is 2. The Kier molecular flexibility index (Phi) is 5.24. The van der Waals surface area contributed by atoms with E-state index >= 15 is 0 Å². The van der Waals surface area contributed by atoms with Crippen LogP contribution in [0.2, 0.25) is 0 Å². The molecule has 0 spiro atoms. The van der Waals surface area contributed by atoms with E-state index < -0.39 is 6.04 Å². The number of rotatable bonds is 7. The van der Waals surface area contributed by atoms with Gasteiger partial charge in [0.05, 0.1) is 17.0 Å². The SMILES string of the molecule is CC(=O)N[C@@H](Cc1cnc[nH]1)C(=O)NCCc1nc2c(s1)CCC2. The highest BCUT2D eigenvalue weighted by molar-refractivity contribution is 7.11. The molecule has 2 amide bonds. The summed E-state index contributed by atoms with van der Waals surface area (Å²) >= 11 is 1.75. The number of hydrogen-bond donors (Lipinski definition) is 3. The Morgan fingerprint density at radius 3 is 3.00 bits per heavy atom. The van der Waals surface area contributed by atoms with Crippen LogP contribution in [0.15, 0.2) is 12.5 Å². The van der Waals surface area contributed by atoms with E-state index in [0.717, 1.165) is 30.0 Å². The van der Waals surface area contributed by atoms with Gasteiger partial charge in [0.2, 0.25) is 11.8 Å². The number of nitrogens with one attached hydrogen (secondary N) is 3. The molecule has 0 aromatic carbocycles. The van der Waals surface area contributed by atoms with Crippen molar-refractivity contribution in [2.45, 2.75) is 45.1 Å². The number of nitrogens with zero attached hydrogens (tertiary/aromatic N) is 2. The third-order valence-electron chi connectivity index (χ3n) is 3.95. The third kappa shape index (κ3) is 4.19. The summed E-state index contributed by atoms with van der Waals surface area (Å²) in [7, 11) is 0. The lowest BCUT2D eigenvalue weighted by Gasteiger charge is -2.16. The molecular weight excluding hydrogens is 326 g/mol. The highest BCUT2D eigenvalue weighted by atomic mass is 32.1. The van der Waals surface area contributed by atoms with Gasteiger partial charge in [0.1, 0.15) is 6.04 Å². The van der Waals surface area contributed by atoms with Crippen LogP contribution in [-0.4, -0.2) is 39.4 Å². The van der Waals surface area contributed by atoms with Crippen molar-refractivity contribution in [1.82, 2.24) is 25.6 Å². The van der Waals surface area contributed by atoms with Gasteiger partial charge in [-0.2, -0.15) is 0 Å². The second-order valence-electron chi connectivity index (χ2n) is 5.91. The Morgan fingerprint density at radius 1 is 1.42 bits per heavy atom. The normalized spacial score (nSPS) is 14.2. The summed E-state index contributed by atoms with van der Waals surface area (Å²) in [5.74, 6) is -0.421. The first-order chi connectivity index (χ1) is 11.6. The number of imidazole rings is 1. The Bertz CT molecular complexity index is 689. The van der Waals surface area contributed by atoms with Gasteiger partial charge in [0.25, 0.3) is 0 Å². The first-order valence-corrected chi connectivity index (χ1v) is 8.93. The molecule has 1 aliphatic carbocycles. The van der Waals surface area contributed by atoms with Crippen molar-refractivity contribution in [3.63, 3.8) is 0 Å². The molecule has 0 bridgehead atoms. The van der Waals surface area contributed by atoms with Crippen LogP contribution in [0, 0.1) is 0 Å². The van der Waals surface area contributed by atoms with E-state index in [1.165, 1.54) is 23.9 Å². The van der Waals surface area contributed by atoms with Gasteiger partial charge < -0.3 is 15.6 Å². The van der Waals surface area contributed by atoms with Crippen molar-refractivity contribution in [3.8, 4) is 0 Å². The van der Waals surface area contributed by atoms with Crippen molar-refractivity contribution >= 4 is 23.2 Å². The predicted molar refractivity (Wildman–Crippen MR) is 90.7 cm³/mol. The minimum Gasteiger partial charge on any atom is -0.354 e. The number of amides is 2. The fourth-order valence-electron chi connectivity index (χ4n) is 2.84. The van der Waals surface area contributed by atoms with Gasteiger partial charge in [-0.3, -0.25) is 9.59 Å². The fraction of sp³-hybridized carbons (Fsp3) is 0.500. The number of aromatic amines is 1. The lowest BCUT2D eigenvalue weighted by molar-refractivity contribution is -0.128. The highest BCUT2D eigenvalue weighted by Gasteiger charge is 2.21. The summed E-state index contributed by atoms with van der Waals surface area (Å²) < 4.78 is 0. The highest BCUT2D eigenvalue weighted by Crippen LogP contribution is 2.27. The summed E-state index contributed by atoms with van der Waals surface area (Å²) in [4.78, 5) is 36.6. The number of H-pyrrole nitrogens is 1. The summed E-state index contributed by atoms with van der Waals surface area (Å²) in [6.45, 7) is 1.93. The molecule has 2 aromatic heterocycles. The lowest BCUT2D eigenvalue weighted by atomic mass is 10.1. The maximum absolute atomic E-state index is 12.4. The summed E-state index contributed by atoms with van der Waals surface area (Å²) in [6.07, 6.45) is 7.73. The molecule has 0 fully saturated rings. The van der Waals surface area contributed by atoms with Crippen LogP contribution in [0.5, 0.6) is 0 Å². The minimum atomic E-state index is -0.607. The molecule has 0 radical (unpaired) electrons. The van der Waals surface area contributed by atoms with Crippen LogP contribution >= 0.6 is 11.3 Å². The van der Waals surface area contributed by atoms with Crippen molar-refractivity contribution < 1.29 is 9.59 Å². The maximum atomic E-state index is 12.4. The number of aryl methyl sites for hydroxylation is 2. The summed E-state index contributed by atoms with van der Waals surface area (Å²) in [6, 6.07) is -0.607. The van der Waals surface area contributed by atoms with Gasteiger partial charge >= 0.3 is 0 Å². The molecule has 8 heteroatoms. The van der Waals surface area contributed by atoms with Crippen molar-refractivity contribution in [1.29, 1.82) is 0 Å². The molecule has 0 saturated carbocycles. The van der Waals surface area contributed by atoms with E-state index in [-0.39, 0.29) is 11.8 Å². The van der Waals surface area contributed by atoms with Crippen molar-refractivity contribution in [2.24, 2.45) is 0 Å². The van der Waals surface area contributed by atoms with Crippen LogP contribution in [0.1, 0.15) is 34.6 Å². The zero-order valence-electron chi connectivity index (χ0n) is 13.6. The van der Waals surface area contributed by atoms with Gasteiger partial charge in [-0.25, -0.2) is 9.97 Å². The fourth-order valence-corrected chi connectivity index (χ4v) is 3.99. The van der Waals surface area contributed by atoms with Gasteiger partial charge in [0, 0.05) is 43.1 Å². The predicted octanol–water partition coefficient (Wildman–Crippen LogP) is 0.761. The van der Waals surface area contributed by atoms with Crippen molar-refractivity contribution in [2.75, 3.05) is 6.54 Å². The second-order valence-corrected chi connectivity index (χ2v) is 7.07. The lowest BCUT2D eigenvalue weighted by Crippen LogP contribution is -2.47. The zero-order chi connectivity index (χ0) is 16.9. The van der Waals surface area contributed by atoms with E-state index in [2.05, 4.69) is 25.6 Å². The molecule has 1 aliphatic rings. The average Bonchev–Trinajstić information content (AvgIpc) is 3.22. The zero-order valence-corrected chi connectivity index (χ0v) is 14.4. The van der Waals surface area contributed by atoms with E-state index in [1.807, 2.05) is 0 Å². The van der Waals surface area contributed by atoms with E-state index in [9.17, 15) is 9.59 Å². The molecule has 7 nitrogen and oxygen atoms in total. The molecule has 1 atom stereocenters. The quantitative estimate of drug-likeness (QED) is 0.688. The third-order valence-corrected chi connectivity index (χ3v) is 5.17. The molecule has 0 unspecified atom stereocenters. The monoisotopic (exact) mass is 347 g/mol. The molecule has 3 N–H and O–H groups in total. The second kappa shape index (κ2) is 7.57. The largest absolute Gasteiger partial charge is 0.354 e. The van der Waals surface area contributed by atoms with Gasteiger partial charge in [-0.15, -0.1) is 11.3 Å². The number of hydrogen-bond acceptors (Lipinski definition) is 5. The standard InChI is InChI=1S/C16H21N5O2S/c1-10(22)20-13(7-11-8-17-9-19-11)16(23)18-6-5-15-21-12-3-2-4-14(12)24-15/h8-9,13H,2-7H2,1H3,(H,17,19)(H,18,23)(H,20,22)/t13-/m0/s1. The Hall–Kier alpha value is -2.22. The molecule has 0 aliphatic heterocycles. The molecule has 3 rings (SSSR count).